The zero-order valence-corrected chi connectivity index (χ0v) is 10.4. The highest BCUT2D eigenvalue weighted by Crippen LogP contribution is 2.29. The minimum Gasteiger partial charge on any atom is -0.443 e. The summed E-state index contributed by atoms with van der Waals surface area (Å²) in [5.41, 5.74) is 0.541. The molecule has 0 saturated carbocycles. The zero-order valence-electron chi connectivity index (χ0n) is 9.64. The molecule has 0 aliphatic carbocycles. The lowest BCUT2D eigenvalue weighted by atomic mass is 10.1. The lowest BCUT2D eigenvalue weighted by Gasteiger charge is -2.04. The average Bonchev–Trinajstić information content (AvgIpc) is 2.79. The zero-order chi connectivity index (χ0) is 13.1. The van der Waals surface area contributed by atoms with E-state index >= 15 is 0 Å². The van der Waals surface area contributed by atoms with Crippen molar-refractivity contribution in [2.45, 2.75) is 13.5 Å². The molecule has 0 saturated heterocycles. The van der Waals surface area contributed by atoms with Crippen LogP contribution in [-0.2, 0) is 6.54 Å². The second-order valence-electron chi connectivity index (χ2n) is 3.65. The molecule has 0 aliphatic rings. The number of aromatic nitrogens is 1. The Labute approximate surface area is 108 Å². The minimum absolute atomic E-state index is 0.0160. The number of rotatable bonds is 4. The molecule has 0 atom stereocenters. The SMILES string of the molecule is CCNCc1ncoc1-c1cc(F)c(Cl)cc1F. The van der Waals surface area contributed by atoms with Gasteiger partial charge in [-0.15, -0.1) is 0 Å². The molecule has 1 aromatic heterocycles. The molecule has 0 fully saturated rings. The fourth-order valence-electron chi connectivity index (χ4n) is 1.55. The molecular weight excluding hydrogens is 262 g/mol. The molecule has 0 aliphatic heterocycles. The summed E-state index contributed by atoms with van der Waals surface area (Å²) in [7, 11) is 0. The molecule has 0 amide bonds. The van der Waals surface area contributed by atoms with E-state index in [1.54, 1.807) is 0 Å². The second-order valence-corrected chi connectivity index (χ2v) is 4.06. The van der Waals surface area contributed by atoms with Gasteiger partial charge in [-0.3, -0.25) is 0 Å². The van der Waals surface area contributed by atoms with Crippen molar-refractivity contribution in [1.82, 2.24) is 10.3 Å². The highest BCUT2D eigenvalue weighted by Gasteiger charge is 2.17. The van der Waals surface area contributed by atoms with Gasteiger partial charge in [0.2, 0.25) is 0 Å². The first-order valence-electron chi connectivity index (χ1n) is 5.41. The summed E-state index contributed by atoms with van der Waals surface area (Å²) in [5.74, 6) is -1.13. The quantitative estimate of drug-likeness (QED) is 0.867. The van der Waals surface area contributed by atoms with Gasteiger partial charge in [0.25, 0.3) is 0 Å². The Bertz CT molecular complexity index is 557. The highest BCUT2D eigenvalue weighted by molar-refractivity contribution is 6.30. The summed E-state index contributed by atoms with van der Waals surface area (Å²) in [6.07, 6.45) is 1.20. The first-order valence-corrected chi connectivity index (χ1v) is 5.79. The van der Waals surface area contributed by atoms with Gasteiger partial charge in [0.15, 0.2) is 12.2 Å². The van der Waals surface area contributed by atoms with Crippen molar-refractivity contribution >= 4 is 11.6 Å². The Morgan fingerprint density at radius 1 is 1.33 bits per heavy atom. The van der Waals surface area contributed by atoms with Crippen molar-refractivity contribution in [2.75, 3.05) is 6.54 Å². The number of hydrogen-bond donors (Lipinski definition) is 1. The van der Waals surface area contributed by atoms with Gasteiger partial charge >= 0.3 is 0 Å². The maximum atomic E-state index is 13.7. The fraction of sp³-hybridized carbons (Fsp3) is 0.250. The molecule has 96 valence electrons. The molecule has 18 heavy (non-hydrogen) atoms. The molecule has 0 radical (unpaired) electrons. The molecule has 1 aromatic carbocycles. The Morgan fingerprint density at radius 3 is 2.83 bits per heavy atom. The second kappa shape index (κ2) is 5.46. The smallest absolute Gasteiger partial charge is 0.181 e. The predicted molar refractivity (Wildman–Crippen MR) is 64.2 cm³/mol. The van der Waals surface area contributed by atoms with E-state index in [2.05, 4.69) is 10.3 Å². The van der Waals surface area contributed by atoms with E-state index in [-0.39, 0.29) is 16.3 Å². The van der Waals surface area contributed by atoms with Gasteiger partial charge in [-0.05, 0) is 18.7 Å². The molecule has 2 rings (SSSR count). The maximum absolute atomic E-state index is 13.7. The van der Waals surface area contributed by atoms with Crippen LogP contribution in [0.2, 0.25) is 5.02 Å². The minimum atomic E-state index is -0.695. The Hall–Kier alpha value is -1.46. The lowest BCUT2D eigenvalue weighted by molar-refractivity contribution is 0.554. The third kappa shape index (κ3) is 2.52. The van der Waals surface area contributed by atoms with Crippen molar-refractivity contribution in [3.63, 3.8) is 0 Å². The summed E-state index contributed by atoms with van der Waals surface area (Å²) in [6.45, 7) is 3.10. The van der Waals surface area contributed by atoms with Gasteiger partial charge in [-0.1, -0.05) is 18.5 Å². The van der Waals surface area contributed by atoms with Gasteiger partial charge in [-0.25, -0.2) is 13.8 Å². The van der Waals surface area contributed by atoms with Crippen molar-refractivity contribution in [1.29, 1.82) is 0 Å². The number of oxazole rings is 1. The third-order valence-electron chi connectivity index (χ3n) is 2.44. The summed E-state index contributed by atoms with van der Waals surface area (Å²) in [5, 5.41) is 2.78. The van der Waals surface area contributed by atoms with Crippen LogP contribution < -0.4 is 5.32 Å². The van der Waals surface area contributed by atoms with Crippen molar-refractivity contribution < 1.29 is 13.2 Å². The molecule has 2 aromatic rings. The van der Waals surface area contributed by atoms with Crippen LogP contribution in [0.1, 0.15) is 12.6 Å². The number of halogens is 3. The normalized spacial score (nSPS) is 10.9. The Balaban J connectivity index is 2.42. The van der Waals surface area contributed by atoms with Gasteiger partial charge in [0, 0.05) is 6.54 Å². The van der Waals surface area contributed by atoms with Gasteiger partial charge in [0.1, 0.15) is 17.3 Å². The number of benzene rings is 1. The molecular formula is C12H11ClF2N2O. The molecule has 3 nitrogen and oxygen atoms in total. The fourth-order valence-corrected chi connectivity index (χ4v) is 1.70. The molecule has 1 N–H and O–H groups in total. The topological polar surface area (TPSA) is 38.1 Å². The molecule has 0 bridgehead atoms. The predicted octanol–water partition coefficient (Wildman–Crippen LogP) is 3.38. The molecule has 6 heteroatoms. The monoisotopic (exact) mass is 272 g/mol. The van der Waals surface area contributed by atoms with Gasteiger partial charge in [0.05, 0.1) is 10.6 Å². The van der Waals surface area contributed by atoms with Crippen molar-refractivity contribution in [2.24, 2.45) is 0 Å². The van der Waals surface area contributed by atoms with Crippen molar-refractivity contribution in [3.05, 3.63) is 40.9 Å². The largest absolute Gasteiger partial charge is 0.443 e. The average molecular weight is 273 g/mol. The van der Waals surface area contributed by atoms with E-state index in [0.29, 0.717) is 12.2 Å². The first-order chi connectivity index (χ1) is 8.63. The van der Waals surface area contributed by atoms with E-state index < -0.39 is 11.6 Å². The van der Waals surface area contributed by atoms with E-state index in [1.807, 2.05) is 6.92 Å². The van der Waals surface area contributed by atoms with Crippen LogP contribution in [0.3, 0.4) is 0 Å². The molecule has 0 unspecified atom stereocenters. The summed E-state index contributed by atoms with van der Waals surface area (Å²) in [4.78, 5) is 3.97. The van der Waals surface area contributed by atoms with Gasteiger partial charge in [-0.2, -0.15) is 0 Å². The van der Waals surface area contributed by atoms with Crippen LogP contribution in [0.25, 0.3) is 11.3 Å². The number of nitrogens with one attached hydrogen (secondary N) is 1. The summed E-state index contributed by atoms with van der Waals surface area (Å²) < 4.78 is 32.2. The third-order valence-corrected chi connectivity index (χ3v) is 2.73. The Kier molecular flexibility index (Phi) is 3.93. The summed E-state index contributed by atoms with van der Waals surface area (Å²) >= 11 is 5.50. The number of nitrogens with zero attached hydrogens (tertiary/aromatic N) is 1. The molecule has 0 spiro atoms. The Morgan fingerprint density at radius 2 is 2.11 bits per heavy atom. The van der Waals surface area contributed by atoms with Crippen LogP contribution in [0.4, 0.5) is 8.78 Å². The van der Waals surface area contributed by atoms with E-state index in [9.17, 15) is 8.78 Å². The number of hydrogen-bond acceptors (Lipinski definition) is 3. The van der Waals surface area contributed by atoms with Crippen LogP contribution in [0.15, 0.2) is 22.9 Å². The highest BCUT2D eigenvalue weighted by atomic mass is 35.5. The standard InChI is InChI=1S/C12H11ClF2N2O/c1-2-16-5-11-12(18-6-17-11)7-3-10(15)8(13)4-9(7)14/h3-4,6,16H,2,5H2,1H3. The molecule has 1 heterocycles. The van der Waals surface area contributed by atoms with E-state index in [0.717, 1.165) is 18.7 Å². The van der Waals surface area contributed by atoms with Gasteiger partial charge < -0.3 is 9.73 Å². The van der Waals surface area contributed by atoms with Crippen molar-refractivity contribution in [3.8, 4) is 11.3 Å². The maximum Gasteiger partial charge on any atom is 0.181 e. The van der Waals surface area contributed by atoms with Crippen LogP contribution >= 0.6 is 11.6 Å². The van der Waals surface area contributed by atoms with E-state index in [4.69, 9.17) is 16.0 Å². The summed E-state index contributed by atoms with van der Waals surface area (Å²) in [6, 6.07) is 1.93. The lowest BCUT2D eigenvalue weighted by Crippen LogP contribution is -2.12. The van der Waals surface area contributed by atoms with Crippen LogP contribution in [0, 0.1) is 11.6 Å². The van der Waals surface area contributed by atoms with Crippen LogP contribution in [0.5, 0.6) is 0 Å². The van der Waals surface area contributed by atoms with Crippen LogP contribution in [-0.4, -0.2) is 11.5 Å². The van der Waals surface area contributed by atoms with E-state index in [1.165, 1.54) is 6.39 Å². The first kappa shape index (κ1) is 13.0.